The molecular formula is C11H12BrNO3. The zero-order chi connectivity index (χ0) is 12.0. The van der Waals surface area contributed by atoms with Crippen molar-refractivity contribution in [3.8, 4) is 0 Å². The Morgan fingerprint density at radius 1 is 1.38 bits per heavy atom. The summed E-state index contributed by atoms with van der Waals surface area (Å²) in [7, 11) is 0. The second-order valence-electron chi connectivity index (χ2n) is 3.50. The van der Waals surface area contributed by atoms with Crippen LogP contribution in [0.2, 0.25) is 0 Å². The number of nitro groups is 1. The molecule has 0 aromatic heterocycles. The monoisotopic (exact) mass is 285 g/mol. The first kappa shape index (κ1) is 12.8. The molecule has 1 unspecified atom stereocenters. The van der Waals surface area contributed by atoms with Crippen molar-refractivity contribution in [1.82, 2.24) is 0 Å². The largest absolute Gasteiger partial charge is 0.303 e. The van der Waals surface area contributed by atoms with Crippen molar-refractivity contribution in [2.45, 2.75) is 12.8 Å². The van der Waals surface area contributed by atoms with E-state index < -0.39 is 4.92 Å². The molecule has 0 fully saturated rings. The molecule has 0 saturated heterocycles. The van der Waals surface area contributed by atoms with Gasteiger partial charge in [0.05, 0.1) is 4.92 Å². The van der Waals surface area contributed by atoms with Crippen molar-refractivity contribution in [3.63, 3.8) is 0 Å². The van der Waals surface area contributed by atoms with Crippen LogP contribution in [0.4, 0.5) is 5.69 Å². The lowest BCUT2D eigenvalue weighted by Crippen LogP contribution is -2.06. The average Bonchev–Trinajstić information content (AvgIpc) is 2.29. The summed E-state index contributed by atoms with van der Waals surface area (Å²) in [5.74, 6) is -0.0270. The molecule has 86 valence electrons. The highest BCUT2D eigenvalue weighted by Crippen LogP contribution is 2.16. The molecule has 0 aliphatic rings. The van der Waals surface area contributed by atoms with Crippen LogP contribution in [-0.4, -0.2) is 16.5 Å². The molecule has 1 aromatic carbocycles. The lowest BCUT2D eigenvalue weighted by atomic mass is 9.98. The Balaban J connectivity index is 2.67. The number of rotatable bonds is 6. The highest BCUT2D eigenvalue weighted by molar-refractivity contribution is 9.09. The van der Waals surface area contributed by atoms with Gasteiger partial charge in [-0.3, -0.25) is 10.1 Å². The molecule has 1 atom stereocenters. The Labute approximate surface area is 102 Å². The van der Waals surface area contributed by atoms with E-state index in [-0.39, 0.29) is 11.6 Å². The van der Waals surface area contributed by atoms with Crippen molar-refractivity contribution < 1.29 is 9.72 Å². The summed E-state index contributed by atoms with van der Waals surface area (Å²) in [6, 6.07) is 6.32. The molecule has 0 amide bonds. The van der Waals surface area contributed by atoms with Crippen LogP contribution in [0, 0.1) is 16.0 Å². The third kappa shape index (κ3) is 3.73. The minimum atomic E-state index is -0.431. The number of nitro benzene ring substituents is 1. The zero-order valence-electron chi connectivity index (χ0n) is 8.64. The number of alkyl halides is 1. The van der Waals surface area contributed by atoms with Crippen molar-refractivity contribution in [1.29, 1.82) is 0 Å². The molecule has 0 aliphatic heterocycles. The van der Waals surface area contributed by atoms with E-state index in [1.54, 1.807) is 12.1 Å². The highest BCUT2D eigenvalue weighted by atomic mass is 79.9. The van der Waals surface area contributed by atoms with E-state index in [2.05, 4.69) is 15.9 Å². The Morgan fingerprint density at radius 3 is 2.44 bits per heavy atom. The maximum Gasteiger partial charge on any atom is 0.269 e. The number of non-ortho nitro benzene ring substituents is 1. The summed E-state index contributed by atoms with van der Waals surface area (Å²) in [5, 5.41) is 11.2. The fourth-order valence-electron chi connectivity index (χ4n) is 1.41. The standard InChI is InChI=1S/C11H12BrNO3/c12-6-5-10(8-14)7-9-1-3-11(4-2-9)13(15)16/h1-4,8,10H,5-7H2. The van der Waals surface area contributed by atoms with Crippen LogP contribution in [-0.2, 0) is 11.2 Å². The number of aldehydes is 1. The fraction of sp³-hybridized carbons (Fsp3) is 0.364. The number of benzene rings is 1. The lowest BCUT2D eigenvalue weighted by molar-refractivity contribution is -0.384. The molecule has 0 aliphatic carbocycles. The molecule has 0 N–H and O–H groups in total. The first-order chi connectivity index (χ1) is 7.67. The molecule has 0 bridgehead atoms. The van der Waals surface area contributed by atoms with Crippen molar-refractivity contribution in [2.24, 2.45) is 5.92 Å². The van der Waals surface area contributed by atoms with Crippen LogP contribution in [0.15, 0.2) is 24.3 Å². The van der Waals surface area contributed by atoms with Crippen LogP contribution < -0.4 is 0 Å². The van der Waals surface area contributed by atoms with Gasteiger partial charge in [-0.15, -0.1) is 0 Å². The van der Waals surface area contributed by atoms with Gasteiger partial charge in [-0.25, -0.2) is 0 Å². The number of halogens is 1. The van der Waals surface area contributed by atoms with Gasteiger partial charge in [-0.1, -0.05) is 28.1 Å². The molecule has 4 nitrogen and oxygen atoms in total. The van der Waals surface area contributed by atoms with Gasteiger partial charge < -0.3 is 4.79 Å². The molecule has 0 spiro atoms. The van der Waals surface area contributed by atoms with Crippen LogP contribution in [0.5, 0.6) is 0 Å². The van der Waals surface area contributed by atoms with Gasteiger partial charge in [0.1, 0.15) is 6.29 Å². The van der Waals surface area contributed by atoms with E-state index >= 15 is 0 Å². The molecule has 16 heavy (non-hydrogen) atoms. The van der Waals surface area contributed by atoms with E-state index in [0.29, 0.717) is 6.42 Å². The van der Waals surface area contributed by atoms with Crippen molar-refractivity contribution in [2.75, 3.05) is 5.33 Å². The van der Waals surface area contributed by atoms with Crippen LogP contribution in [0.1, 0.15) is 12.0 Å². The Morgan fingerprint density at radius 2 is 2.00 bits per heavy atom. The third-order valence-electron chi connectivity index (χ3n) is 2.32. The summed E-state index contributed by atoms with van der Waals surface area (Å²) < 4.78 is 0. The number of carbonyl (C=O) groups excluding carboxylic acids is 1. The molecule has 1 rings (SSSR count). The topological polar surface area (TPSA) is 60.2 Å². The second-order valence-corrected chi connectivity index (χ2v) is 4.29. The number of nitrogens with zero attached hydrogens (tertiary/aromatic N) is 1. The van der Waals surface area contributed by atoms with E-state index in [1.807, 2.05) is 0 Å². The van der Waals surface area contributed by atoms with E-state index in [1.165, 1.54) is 12.1 Å². The average molecular weight is 286 g/mol. The number of carbonyl (C=O) groups is 1. The van der Waals surface area contributed by atoms with Gasteiger partial charge in [0.25, 0.3) is 5.69 Å². The summed E-state index contributed by atoms with van der Waals surface area (Å²) in [6.07, 6.45) is 2.34. The SMILES string of the molecule is O=CC(CCBr)Cc1ccc([N+](=O)[O-])cc1. The maximum absolute atomic E-state index is 10.7. The van der Waals surface area contributed by atoms with Crippen molar-refractivity contribution in [3.05, 3.63) is 39.9 Å². The molecule has 5 heteroatoms. The lowest BCUT2D eigenvalue weighted by Gasteiger charge is -2.07. The Kier molecular flexibility index (Phi) is 5.11. The Hall–Kier alpha value is -1.23. The number of hydrogen-bond donors (Lipinski definition) is 0. The van der Waals surface area contributed by atoms with Crippen LogP contribution in [0.25, 0.3) is 0 Å². The van der Waals surface area contributed by atoms with Gasteiger partial charge in [0.2, 0.25) is 0 Å². The normalized spacial score (nSPS) is 12.1. The van der Waals surface area contributed by atoms with Gasteiger partial charge in [-0.2, -0.15) is 0 Å². The van der Waals surface area contributed by atoms with Gasteiger partial charge in [0, 0.05) is 23.4 Å². The molecule has 0 saturated carbocycles. The quantitative estimate of drug-likeness (QED) is 0.349. The molecular weight excluding hydrogens is 274 g/mol. The first-order valence-electron chi connectivity index (χ1n) is 4.92. The van der Waals surface area contributed by atoms with Gasteiger partial charge >= 0.3 is 0 Å². The fourth-order valence-corrected chi connectivity index (χ4v) is 2.00. The smallest absolute Gasteiger partial charge is 0.269 e. The van der Waals surface area contributed by atoms with E-state index in [4.69, 9.17) is 0 Å². The Bertz CT molecular complexity index is 364. The highest BCUT2D eigenvalue weighted by Gasteiger charge is 2.09. The summed E-state index contributed by atoms with van der Waals surface area (Å²) in [5.41, 5.74) is 1.02. The maximum atomic E-state index is 10.7. The van der Waals surface area contributed by atoms with Crippen molar-refractivity contribution >= 4 is 27.9 Å². The molecule has 0 radical (unpaired) electrons. The summed E-state index contributed by atoms with van der Waals surface area (Å²) in [4.78, 5) is 20.8. The summed E-state index contributed by atoms with van der Waals surface area (Å²) >= 11 is 3.29. The minimum absolute atomic E-state index is 0.0270. The third-order valence-corrected chi connectivity index (χ3v) is 2.78. The first-order valence-corrected chi connectivity index (χ1v) is 6.04. The van der Waals surface area contributed by atoms with Gasteiger partial charge in [0.15, 0.2) is 0 Å². The summed E-state index contributed by atoms with van der Waals surface area (Å²) in [6.45, 7) is 0. The van der Waals surface area contributed by atoms with Crippen LogP contribution >= 0.6 is 15.9 Å². The zero-order valence-corrected chi connectivity index (χ0v) is 10.2. The predicted molar refractivity (Wildman–Crippen MR) is 64.8 cm³/mol. The number of hydrogen-bond acceptors (Lipinski definition) is 3. The molecule has 0 heterocycles. The van der Waals surface area contributed by atoms with Gasteiger partial charge in [-0.05, 0) is 18.4 Å². The predicted octanol–water partition coefficient (Wildman–Crippen LogP) is 2.74. The molecule has 1 aromatic rings. The minimum Gasteiger partial charge on any atom is -0.303 e. The van der Waals surface area contributed by atoms with Crippen LogP contribution in [0.3, 0.4) is 0 Å². The van der Waals surface area contributed by atoms with E-state index in [0.717, 1.165) is 23.6 Å². The second kappa shape index (κ2) is 6.37. The van der Waals surface area contributed by atoms with E-state index in [9.17, 15) is 14.9 Å².